The molecule has 2 rings (SSSR count). The summed E-state index contributed by atoms with van der Waals surface area (Å²) in [5.74, 6) is -0.441. The van der Waals surface area contributed by atoms with Crippen molar-refractivity contribution in [2.75, 3.05) is 0 Å². The van der Waals surface area contributed by atoms with E-state index in [4.69, 9.17) is 0 Å². The lowest BCUT2D eigenvalue weighted by Gasteiger charge is -2.05. The summed E-state index contributed by atoms with van der Waals surface area (Å²) in [6, 6.07) is 6.09. The summed E-state index contributed by atoms with van der Waals surface area (Å²) in [7, 11) is 0. The molecular formula is C12H9BrFNO2. The highest BCUT2D eigenvalue weighted by molar-refractivity contribution is 9.10. The molecule has 0 unspecified atom stereocenters. The summed E-state index contributed by atoms with van der Waals surface area (Å²) < 4.78 is 13.1. The molecule has 2 aromatic rings. The van der Waals surface area contributed by atoms with E-state index < -0.39 is 5.56 Å². The van der Waals surface area contributed by atoms with Gasteiger partial charge in [-0.2, -0.15) is 0 Å². The van der Waals surface area contributed by atoms with E-state index in [1.54, 1.807) is 12.1 Å². The second kappa shape index (κ2) is 4.71. The van der Waals surface area contributed by atoms with Gasteiger partial charge in [-0.1, -0.05) is 12.1 Å². The molecule has 1 aromatic carbocycles. The Morgan fingerprint density at radius 3 is 2.88 bits per heavy atom. The van der Waals surface area contributed by atoms with Gasteiger partial charge in [0.05, 0.1) is 0 Å². The molecule has 0 bridgehead atoms. The van der Waals surface area contributed by atoms with Crippen molar-refractivity contribution in [3.8, 4) is 5.75 Å². The number of pyridine rings is 1. The maximum absolute atomic E-state index is 13.0. The van der Waals surface area contributed by atoms with Gasteiger partial charge in [-0.25, -0.2) is 4.39 Å². The van der Waals surface area contributed by atoms with Crippen LogP contribution in [0.3, 0.4) is 0 Å². The van der Waals surface area contributed by atoms with Crippen LogP contribution in [0.15, 0.2) is 39.7 Å². The number of H-pyrrole nitrogens is 1. The van der Waals surface area contributed by atoms with Crippen LogP contribution in [-0.2, 0) is 6.42 Å². The third kappa shape index (κ3) is 2.55. The number of benzene rings is 1. The maximum atomic E-state index is 13.0. The Hall–Kier alpha value is -1.62. The number of hydrogen-bond donors (Lipinski definition) is 2. The Bertz CT molecular complexity index is 610. The fraction of sp³-hybridized carbons (Fsp3) is 0.0833. The zero-order chi connectivity index (χ0) is 12.4. The second-order valence-electron chi connectivity index (χ2n) is 3.61. The van der Waals surface area contributed by atoms with Crippen molar-refractivity contribution in [1.82, 2.24) is 4.98 Å². The number of rotatable bonds is 2. The van der Waals surface area contributed by atoms with Gasteiger partial charge in [0.15, 0.2) is 0 Å². The summed E-state index contributed by atoms with van der Waals surface area (Å²) in [5.41, 5.74) is 0.854. The van der Waals surface area contributed by atoms with Crippen LogP contribution < -0.4 is 5.56 Å². The standard InChI is InChI=1S/C12H9BrFNO2/c13-10-11(16)8(6-15-12(10)17)4-7-2-1-3-9(14)5-7/h1-3,5-6H,4H2,(H2,15,16,17). The number of aromatic hydroxyl groups is 1. The van der Waals surface area contributed by atoms with Crippen molar-refractivity contribution in [3.63, 3.8) is 0 Å². The van der Waals surface area contributed by atoms with E-state index in [1.807, 2.05) is 0 Å². The fourth-order valence-electron chi connectivity index (χ4n) is 1.53. The largest absolute Gasteiger partial charge is 0.506 e. The monoisotopic (exact) mass is 297 g/mol. The Labute approximate surface area is 105 Å². The molecule has 17 heavy (non-hydrogen) atoms. The molecule has 0 spiro atoms. The van der Waals surface area contributed by atoms with Crippen molar-refractivity contribution < 1.29 is 9.50 Å². The van der Waals surface area contributed by atoms with E-state index in [9.17, 15) is 14.3 Å². The van der Waals surface area contributed by atoms with Gasteiger partial charge in [-0.05, 0) is 33.6 Å². The predicted molar refractivity (Wildman–Crippen MR) is 65.6 cm³/mol. The SMILES string of the molecule is O=c1[nH]cc(Cc2cccc(F)c2)c(O)c1Br. The zero-order valence-electron chi connectivity index (χ0n) is 8.71. The first-order valence-electron chi connectivity index (χ1n) is 4.91. The first-order valence-corrected chi connectivity index (χ1v) is 5.70. The van der Waals surface area contributed by atoms with Crippen molar-refractivity contribution >= 4 is 15.9 Å². The summed E-state index contributed by atoms with van der Waals surface area (Å²) in [6.45, 7) is 0. The van der Waals surface area contributed by atoms with Gasteiger partial charge in [0.1, 0.15) is 16.0 Å². The Kier molecular flexibility index (Phi) is 3.28. The van der Waals surface area contributed by atoms with Crippen LogP contribution in [0, 0.1) is 5.82 Å². The molecule has 1 heterocycles. The van der Waals surface area contributed by atoms with E-state index in [1.165, 1.54) is 18.3 Å². The molecule has 0 fully saturated rings. The first kappa shape index (κ1) is 11.9. The van der Waals surface area contributed by atoms with Gasteiger partial charge in [0.25, 0.3) is 5.56 Å². The molecule has 0 saturated heterocycles. The van der Waals surface area contributed by atoms with Gasteiger partial charge in [-0.15, -0.1) is 0 Å². The molecule has 2 N–H and O–H groups in total. The van der Waals surface area contributed by atoms with Crippen molar-refractivity contribution in [2.24, 2.45) is 0 Å². The lowest BCUT2D eigenvalue weighted by atomic mass is 10.1. The number of aromatic nitrogens is 1. The van der Waals surface area contributed by atoms with E-state index in [-0.39, 0.29) is 16.0 Å². The van der Waals surface area contributed by atoms with Crippen LogP contribution in [0.5, 0.6) is 5.75 Å². The fourth-order valence-corrected chi connectivity index (χ4v) is 1.90. The minimum atomic E-state index is -0.398. The van der Waals surface area contributed by atoms with Crippen molar-refractivity contribution in [1.29, 1.82) is 0 Å². The van der Waals surface area contributed by atoms with Crippen LogP contribution >= 0.6 is 15.9 Å². The Morgan fingerprint density at radius 2 is 2.18 bits per heavy atom. The molecule has 88 valence electrons. The van der Waals surface area contributed by atoms with Gasteiger partial charge in [0.2, 0.25) is 0 Å². The highest BCUT2D eigenvalue weighted by atomic mass is 79.9. The molecule has 0 aliphatic carbocycles. The smallest absolute Gasteiger partial charge is 0.266 e. The minimum Gasteiger partial charge on any atom is -0.506 e. The maximum Gasteiger partial charge on any atom is 0.266 e. The van der Waals surface area contributed by atoms with Crippen LogP contribution in [0.4, 0.5) is 4.39 Å². The van der Waals surface area contributed by atoms with Crippen LogP contribution in [-0.4, -0.2) is 10.1 Å². The van der Waals surface area contributed by atoms with Crippen molar-refractivity contribution in [2.45, 2.75) is 6.42 Å². The van der Waals surface area contributed by atoms with E-state index in [0.717, 1.165) is 5.56 Å². The highest BCUT2D eigenvalue weighted by Gasteiger charge is 2.09. The molecular weight excluding hydrogens is 289 g/mol. The number of hydrogen-bond acceptors (Lipinski definition) is 2. The molecule has 0 amide bonds. The van der Waals surface area contributed by atoms with Gasteiger partial charge in [0, 0.05) is 18.2 Å². The van der Waals surface area contributed by atoms with Crippen molar-refractivity contribution in [3.05, 3.63) is 62.2 Å². The average Bonchev–Trinajstić information content (AvgIpc) is 2.30. The highest BCUT2D eigenvalue weighted by Crippen LogP contribution is 2.25. The van der Waals surface area contributed by atoms with Gasteiger partial charge in [-0.3, -0.25) is 4.79 Å². The number of halogens is 2. The van der Waals surface area contributed by atoms with Crippen LogP contribution in [0.2, 0.25) is 0 Å². The quantitative estimate of drug-likeness (QED) is 0.895. The third-order valence-electron chi connectivity index (χ3n) is 2.37. The molecule has 0 aliphatic rings. The first-order chi connectivity index (χ1) is 8.08. The summed E-state index contributed by atoms with van der Waals surface area (Å²) in [4.78, 5) is 13.7. The lowest BCUT2D eigenvalue weighted by Crippen LogP contribution is -2.07. The average molecular weight is 298 g/mol. The van der Waals surface area contributed by atoms with Crippen LogP contribution in [0.1, 0.15) is 11.1 Å². The molecule has 0 radical (unpaired) electrons. The predicted octanol–water partition coefficient (Wildman–Crippen LogP) is 2.57. The van der Waals surface area contributed by atoms with E-state index >= 15 is 0 Å². The molecule has 0 atom stereocenters. The Morgan fingerprint density at radius 1 is 1.41 bits per heavy atom. The van der Waals surface area contributed by atoms with E-state index in [2.05, 4.69) is 20.9 Å². The van der Waals surface area contributed by atoms with Crippen LogP contribution in [0.25, 0.3) is 0 Å². The summed E-state index contributed by atoms with van der Waals surface area (Å²) in [6.07, 6.45) is 1.77. The third-order valence-corrected chi connectivity index (χ3v) is 3.11. The van der Waals surface area contributed by atoms with E-state index in [0.29, 0.717) is 12.0 Å². The minimum absolute atomic E-state index is 0.0893. The topological polar surface area (TPSA) is 53.1 Å². The molecule has 3 nitrogen and oxygen atoms in total. The normalized spacial score (nSPS) is 10.5. The number of nitrogens with one attached hydrogen (secondary N) is 1. The molecule has 0 aliphatic heterocycles. The van der Waals surface area contributed by atoms with Gasteiger partial charge >= 0.3 is 0 Å². The molecule has 5 heteroatoms. The second-order valence-corrected chi connectivity index (χ2v) is 4.41. The molecule has 1 aromatic heterocycles. The zero-order valence-corrected chi connectivity index (χ0v) is 10.3. The molecule has 0 saturated carbocycles. The summed E-state index contributed by atoms with van der Waals surface area (Å²) in [5, 5.41) is 9.75. The number of aromatic amines is 1. The Balaban J connectivity index is 2.37. The lowest BCUT2D eigenvalue weighted by molar-refractivity contribution is 0.464. The van der Waals surface area contributed by atoms with Gasteiger partial charge < -0.3 is 10.1 Å². The summed E-state index contributed by atoms with van der Waals surface area (Å²) >= 11 is 2.99.